The number of hydrogen-bond acceptors (Lipinski definition) is 8. The van der Waals surface area contributed by atoms with E-state index >= 15 is 0 Å². The third-order valence-electron chi connectivity index (χ3n) is 5.96. The Bertz CT molecular complexity index is 1080. The van der Waals surface area contributed by atoms with Gasteiger partial charge in [0, 0.05) is 30.0 Å². The van der Waals surface area contributed by atoms with Crippen LogP contribution in [-0.2, 0) is 9.47 Å². The molecule has 2 atom stereocenters. The molecule has 1 fully saturated rings. The molecule has 0 amide bonds. The maximum atomic E-state index is 11.7. The minimum absolute atomic E-state index is 0.379. The van der Waals surface area contributed by atoms with Crippen molar-refractivity contribution >= 4 is 34.9 Å². The molecule has 1 aliphatic carbocycles. The van der Waals surface area contributed by atoms with E-state index in [1.54, 1.807) is 36.6 Å². The van der Waals surface area contributed by atoms with Gasteiger partial charge in [0.05, 0.1) is 31.6 Å². The summed E-state index contributed by atoms with van der Waals surface area (Å²) in [5.74, 6) is 0.740. The van der Waals surface area contributed by atoms with Gasteiger partial charge in [0.2, 0.25) is 0 Å². The first-order valence-electron chi connectivity index (χ1n) is 10.9. The van der Waals surface area contributed by atoms with Crippen LogP contribution in [0.3, 0.4) is 0 Å². The Kier molecular flexibility index (Phi) is 7.90. The second-order valence-electron chi connectivity index (χ2n) is 7.94. The summed E-state index contributed by atoms with van der Waals surface area (Å²) in [6.07, 6.45) is 5.10. The SMILES string of the molecule is COC(=O)c1ccc(NSc2csc(-c3ccc(C4CCCC(OC)C4)cc3)n2)c(OC)c1. The van der Waals surface area contributed by atoms with Gasteiger partial charge in [-0.3, -0.25) is 0 Å². The van der Waals surface area contributed by atoms with Gasteiger partial charge >= 0.3 is 5.97 Å². The predicted molar refractivity (Wildman–Crippen MR) is 133 cm³/mol. The molecule has 1 saturated carbocycles. The van der Waals surface area contributed by atoms with E-state index in [1.165, 1.54) is 43.9 Å². The second-order valence-corrected chi connectivity index (χ2v) is 9.63. The molecular formula is C25H28N2O4S2. The summed E-state index contributed by atoms with van der Waals surface area (Å²) in [6.45, 7) is 0. The highest BCUT2D eigenvalue weighted by molar-refractivity contribution is 8.00. The van der Waals surface area contributed by atoms with Crippen LogP contribution in [0.15, 0.2) is 52.9 Å². The van der Waals surface area contributed by atoms with Crippen molar-refractivity contribution in [3.8, 4) is 16.3 Å². The number of carbonyl (C=O) groups is 1. The van der Waals surface area contributed by atoms with Crippen molar-refractivity contribution in [1.82, 2.24) is 4.98 Å². The number of esters is 1. The molecule has 1 aliphatic rings. The zero-order valence-corrected chi connectivity index (χ0v) is 20.6. The summed E-state index contributed by atoms with van der Waals surface area (Å²) in [5.41, 5.74) is 3.71. The molecule has 33 heavy (non-hydrogen) atoms. The van der Waals surface area contributed by atoms with Crippen LogP contribution < -0.4 is 9.46 Å². The maximum Gasteiger partial charge on any atom is 0.337 e. The molecule has 0 bridgehead atoms. The van der Waals surface area contributed by atoms with Crippen LogP contribution in [0.4, 0.5) is 5.69 Å². The number of benzene rings is 2. The van der Waals surface area contributed by atoms with Gasteiger partial charge in [0.25, 0.3) is 0 Å². The average Bonchev–Trinajstić information content (AvgIpc) is 3.36. The summed E-state index contributed by atoms with van der Waals surface area (Å²) in [6, 6.07) is 14.0. The van der Waals surface area contributed by atoms with Crippen molar-refractivity contribution in [3.63, 3.8) is 0 Å². The summed E-state index contributed by atoms with van der Waals surface area (Å²) in [5, 5.41) is 3.88. The van der Waals surface area contributed by atoms with Gasteiger partial charge in [0.15, 0.2) is 0 Å². The fourth-order valence-corrected chi connectivity index (χ4v) is 5.73. The molecule has 2 unspecified atom stereocenters. The Morgan fingerprint density at radius 3 is 2.67 bits per heavy atom. The first-order chi connectivity index (χ1) is 16.1. The molecule has 4 rings (SSSR count). The Labute approximate surface area is 202 Å². The van der Waals surface area contributed by atoms with Crippen molar-refractivity contribution in [3.05, 3.63) is 59.0 Å². The first kappa shape index (κ1) is 23.6. The summed E-state index contributed by atoms with van der Waals surface area (Å²) in [7, 11) is 4.74. The fraction of sp³-hybridized carbons (Fsp3) is 0.360. The molecule has 2 aromatic carbocycles. The lowest BCUT2D eigenvalue weighted by Gasteiger charge is -2.28. The summed E-state index contributed by atoms with van der Waals surface area (Å²) < 4.78 is 19.0. The van der Waals surface area contributed by atoms with Crippen LogP contribution >= 0.6 is 23.3 Å². The number of rotatable bonds is 8. The van der Waals surface area contributed by atoms with E-state index in [1.807, 2.05) is 12.5 Å². The van der Waals surface area contributed by atoms with E-state index < -0.39 is 5.97 Å². The van der Waals surface area contributed by atoms with Gasteiger partial charge in [-0.1, -0.05) is 30.7 Å². The maximum absolute atomic E-state index is 11.7. The molecular weight excluding hydrogens is 456 g/mol. The van der Waals surface area contributed by atoms with Crippen LogP contribution in [0, 0.1) is 0 Å². The van der Waals surface area contributed by atoms with Gasteiger partial charge < -0.3 is 18.9 Å². The van der Waals surface area contributed by atoms with Crippen molar-refractivity contribution in [2.24, 2.45) is 0 Å². The Hall–Kier alpha value is -2.55. The number of ether oxygens (including phenoxy) is 3. The molecule has 1 aromatic heterocycles. The number of anilines is 1. The van der Waals surface area contributed by atoms with E-state index in [0.29, 0.717) is 23.3 Å². The molecule has 1 heterocycles. The minimum Gasteiger partial charge on any atom is -0.495 e. The van der Waals surface area contributed by atoms with Crippen LogP contribution in [0.25, 0.3) is 10.6 Å². The standard InChI is InChI=1S/C25H28N2O4S2/c1-29-20-6-4-5-18(13-20)16-7-9-17(10-8-16)24-26-23(15-32-24)33-27-21-12-11-19(25(28)31-3)14-22(21)30-2/h7-12,14-15,18,20,27H,4-6,13H2,1-3H3. The van der Waals surface area contributed by atoms with E-state index in [4.69, 9.17) is 19.2 Å². The number of aromatic nitrogens is 1. The van der Waals surface area contributed by atoms with Gasteiger partial charge in [-0.25, -0.2) is 9.78 Å². The molecule has 0 aliphatic heterocycles. The lowest BCUT2D eigenvalue weighted by Crippen LogP contribution is -2.20. The monoisotopic (exact) mass is 484 g/mol. The number of thiazole rings is 1. The van der Waals surface area contributed by atoms with E-state index in [9.17, 15) is 4.79 Å². The summed E-state index contributed by atoms with van der Waals surface area (Å²) in [4.78, 5) is 16.5. The van der Waals surface area contributed by atoms with Crippen molar-refractivity contribution < 1.29 is 19.0 Å². The average molecular weight is 485 g/mol. The number of carbonyl (C=O) groups excluding carboxylic acids is 1. The zero-order valence-electron chi connectivity index (χ0n) is 19.0. The molecule has 174 valence electrons. The van der Waals surface area contributed by atoms with Gasteiger partial charge in [-0.05, 0) is 48.9 Å². The smallest absolute Gasteiger partial charge is 0.337 e. The Balaban J connectivity index is 1.40. The normalized spacial score (nSPS) is 18.0. The van der Waals surface area contributed by atoms with Gasteiger partial charge in [-0.15, -0.1) is 11.3 Å². The highest BCUT2D eigenvalue weighted by atomic mass is 32.2. The highest BCUT2D eigenvalue weighted by Gasteiger charge is 2.23. The minimum atomic E-state index is -0.398. The number of nitrogens with one attached hydrogen (secondary N) is 1. The molecule has 1 N–H and O–H groups in total. The Morgan fingerprint density at radius 1 is 1.12 bits per heavy atom. The largest absolute Gasteiger partial charge is 0.495 e. The summed E-state index contributed by atoms with van der Waals surface area (Å²) >= 11 is 3.02. The predicted octanol–water partition coefficient (Wildman–Crippen LogP) is 6.40. The first-order valence-corrected chi connectivity index (χ1v) is 12.6. The second kappa shape index (κ2) is 11.0. The van der Waals surface area contributed by atoms with Crippen molar-refractivity contribution in [2.45, 2.75) is 42.7 Å². The van der Waals surface area contributed by atoms with E-state index in [0.717, 1.165) is 27.7 Å². The van der Waals surface area contributed by atoms with Crippen LogP contribution in [0.1, 0.15) is 47.5 Å². The van der Waals surface area contributed by atoms with E-state index in [2.05, 4.69) is 29.0 Å². The molecule has 8 heteroatoms. The van der Waals surface area contributed by atoms with Gasteiger partial charge in [-0.2, -0.15) is 0 Å². The van der Waals surface area contributed by atoms with Crippen molar-refractivity contribution in [2.75, 3.05) is 26.1 Å². The highest BCUT2D eigenvalue weighted by Crippen LogP contribution is 2.36. The third kappa shape index (κ3) is 5.69. The van der Waals surface area contributed by atoms with Crippen LogP contribution in [0.5, 0.6) is 5.75 Å². The lowest BCUT2D eigenvalue weighted by atomic mass is 9.82. The van der Waals surface area contributed by atoms with Crippen LogP contribution in [-0.4, -0.2) is 38.4 Å². The van der Waals surface area contributed by atoms with Crippen LogP contribution in [0.2, 0.25) is 0 Å². The molecule has 0 saturated heterocycles. The van der Waals surface area contributed by atoms with E-state index in [-0.39, 0.29) is 0 Å². The topological polar surface area (TPSA) is 69.7 Å². The zero-order chi connectivity index (χ0) is 23.2. The Morgan fingerprint density at radius 2 is 1.94 bits per heavy atom. The third-order valence-corrected chi connectivity index (χ3v) is 7.74. The molecule has 0 radical (unpaired) electrons. The molecule has 6 nitrogen and oxygen atoms in total. The molecule has 3 aromatic rings. The number of hydrogen-bond donors (Lipinski definition) is 1. The fourth-order valence-electron chi connectivity index (χ4n) is 4.13. The number of methoxy groups -OCH3 is 3. The quantitative estimate of drug-likeness (QED) is 0.293. The molecule has 0 spiro atoms. The van der Waals surface area contributed by atoms with Crippen molar-refractivity contribution in [1.29, 1.82) is 0 Å². The number of nitrogens with zero attached hydrogens (tertiary/aromatic N) is 1. The lowest BCUT2D eigenvalue weighted by molar-refractivity contribution is 0.0600. The van der Waals surface area contributed by atoms with Gasteiger partial charge in [0.1, 0.15) is 15.8 Å².